The van der Waals surface area contributed by atoms with Crippen LogP contribution in [0, 0.1) is 0 Å². The summed E-state index contributed by atoms with van der Waals surface area (Å²) >= 11 is 0. The Labute approximate surface area is 137 Å². The summed E-state index contributed by atoms with van der Waals surface area (Å²) in [4.78, 5) is 2.62. The van der Waals surface area contributed by atoms with Crippen LogP contribution >= 0.6 is 0 Å². The minimum Gasteiger partial charge on any atom is -0.339 e. The number of hydrogen-bond acceptors (Lipinski definition) is 4. The van der Waals surface area contributed by atoms with E-state index < -0.39 is 9.84 Å². The second kappa shape index (κ2) is 5.65. The molecule has 0 amide bonds. The Kier molecular flexibility index (Phi) is 3.62. The number of rotatable bonds is 2. The number of anilines is 2. The second-order valence-corrected chi connectivity index (χ2v) is 8.22. The van der Waals surface area contributed by atoms with Gasteiger partial charge in [0.1, 0.15) is 0 Å². The van der Waals surface area contributed by atoms with Crippen LogP contribution in [-0.4, -0.2) is 27.5 Å². The van der Waals surface area contributed by atoms with Crippen LogP contribution < -0.4 is 10.2 Å². The van der Waals surface area contributed by atoms with Gasteiger partial charge in [-0.25, -0.2) is 8.42 Å². The van der Waals surface area contributed by atoms with Gasteiger partial charge in [-0.15, -0.1) is 0 Å². The van der Waals surface area contributed by atoms with Gasteiger partial charge in [0.2, 0.25) is 0 Å². The van der Waals surface area contributed by atoms with Gasteiger partial charge < -0.3 is 10.2 Å². The highest BCUT2D eigenvalue weighted by atomic mass is 32.2. The molecule has 23 heavy (non-hydrogen) atoms. The SMILES string of the molecule is O=S1(=O)Cc2ccccc2N(C[C@@H]2CCCN2)c2ccccc21. The van der Waals surface area contributed by atoms with Crippen molar-refractivity contribution in [2.45, 2.75) is 29.5 Å². The van der Waals surface area contributed by atoms with E-state index in [1.165, 1.54) is 6.42 Å². The maximum absolute atomic E-state index is 12.8. The lowest BCUT2D eigenvalue weighted by molar-refractivity contribution is 0.594. The molecule has 0 saturated carbocycles. The van der Waals surface area contributed by atoms with Crippen LogP contribution in [0.25, 0.3) is 0 Å². The van der Waals surface area contributed by atoms with E-state index in [1.807, 2.05) is 36.4 Å². The molecule has 4 rings (SSSR count). The highest BCUT2D eigenvalue weighted by molar-refractivity contribution is 7.90. The number of nitrogens with one attached hydrogen (secondary N) is 1. The standard InChI is InChI=1S/C18H20N2O2S/c21-23(22)13-14-6-1-2-8-16(14)20(12-15-7-5-11-19-15)17-9-3-4-10-18(17)23/h1-4,6,8-10,15,19H,5,7,11-13H2/t15-/m0/s1. The van der Waals surface area contributed by atoms with Crippen molar-refractivity contribution in [1.29, 1.82) is 0 Å². The summed E-state index contributed by atoms with van der Waals surface area (Å²) in [6.45, 7) is 1.84. The van der Waals surface area contributed by atoms with Crippen LogP contribution in [0.5, 0.6) is 0 Å². The van der Waals surface area contributed by atoms with Crippen LogP contribution in [0.15, 0.2) is 53.4 Å². The van der Waals surface area contributed by atoms with Gasteiger partial charge in [0, 0.05) is 18.3 Å². The Bertz CT molecular complexity index is 826. The van der Waals surface area contributed by atoms with E-state index in [0.717, 1.165) is 36.4 Å². The van der Waals surface area contributed by atoms with Gasteiger partial charge in [0.25, 0.3) is 0 Å². The van der Waals surface area contributed by atoms with Crippen molar-refractivity contribution in [1.82, 2.24) is 5.32 Å². The average molecular weight is 328 g/mol. The second-order valence-electron chi connectivity index (χ2n) is 6.26. The molecule has 0 aromatic heterocycles. The molecule has 120 valence electrons. The molecule has 2 aromatic carbocycles. The average Bonchev–Trinajstić information content (AvgIpc) is 3.03. The fraction of sp³-hybridized carbons (Fsp3) is 0.333. The van der Waals surface area contributed by atoms with E-state index >= 15 is 0 Å². The number of hydrogen-bond donors (Lipinski definition) is 1. The molecule has 1 saturated heterocycles. The fourth-order valence-corrected chi connectivity index (χ4v) is 5.17. The summed E-state index contributed by atoms with van der Waals surface area (Å²) in [7, 11) is -3.32. The van der Waals surface area contributed by atoms with Gasteiger partial charge in [-0.2, -0.15) is 0 Å². The minimum absolute atomic E-state index is 0.0643. The van der Waals surface area contributed by atoms with Crippen LogP contribution in [0.1, 0.15) is 18.4 Å². The number of sulfone groups is 1. The van der Waals surface area contributed by atoms with Crippen molar-refractivity contribution >= 4 is 21.2 Å². The molecule has 1 N–H and O–H groups in total. The molecule has 0 radical (unpaired) electrons. The zero-order valence-electron chi connectivity index (χ0n) is 12.9. The molecule has 0 aliphatic carbocycles. The van der Waals surface area contributed by atoms with Gasteiger partial charge in [-0.05, 0) is 43.1 Å². The molecule has 0 unspecified atom stereocenters. The largest absolute Gasteiger partial charge is 0.339 e. The third kappa shape index (κ3) is 2.64. The monoisotopic (exact) mass is 328 g/mol. The van der Waals surface area contributed by atoms with Crippen molar-refractivity contribution in [3.63, 3.8) is 0 Å². The highest BCUT2D eigenvalue weighted by Crippen LogP contribution is 2.39. The zero-order valence-corrected chi connectivity index (χ0v) is 13.7. The van der Waals surface area contributed by atoms with Crippen LogP contribution in [0.3, 0.4) is 0 Å². The molecule has 0 bridgehead atoms. The Morgan fingerprint density at radius 1 is 1.04 bits per heavy atom. The number of benzene rings is 2. The van der Waals surface area contributed by atoms with Crippen molar-refractivity contribution in [3.8, 4) is 0 Å². The maximum Gasteiger partial charge on any atom is 0.184 e. The van der Waals surface area contributed by atoms with Gasteiger partial charge in [-0.3, -0.25) is 0 Å². The molecule has 2 heterocycles. The molecular weight excluding hydrogens is 308 g/mol. The van der Waals surface area contributed by atoms with Crippen molar-refractivity contribution < 1.29 is 8.42 Å². The fourth-order valence-electron chi connectivity index (χ4n) is 3.58. The van der Waals surface area contributed by atoms with Crippen LogP contribution in [0.2, 0.25) is 0 Å². The third-order valence-corrected chi connectivity index (χ3v) is 6.39. The molecule has 0 spiro atoms. The van der Waals surface area contributed by atoms with E-state index in [-0.39, 0.29) is 5.75 Å². The Hall–Kier alpha value is -1.85. The first-order valence-corrected chi connectivity index (χ1v) is 9.71. The first-order chi connectivity index (χ1) is 11.1. The molecule has 2 aromatic rings. The van der Waals surface area contributed by atoms with E-state index in [0.29, 0.717) is 10.9 Å². The molecule has 2 aliphatic heterocycles. The predicted molar refractivity (Wildman–Crippen MR) is 91.8 cm³/mol. The van der Waals surface area contributed by atoms with E-state index in [9.17, 15) is 8.42 Å². The maximum atomic E-state index is 12.8. The zero-order chi connectivity index (χ0) is 15.9. The lowest BCUT2D eigenvalue weighted by atomic mass is 10.1. The molecular formula is C18H20N2O2S. The molecule has 1 fully saturated rings. The lowest BCUT2D eigenvalue weighted by Crippen LogP contribution is -2.35. The van der Waals surface area contributed by atoms with Gasteiger partial charge in [0.05, 0.1) is 16.3 Å². The summed E-state index contributed by atoms with van der Waals surface area (Å²) < 4.78 is 25.6. The number of para-hydroxylation sites is 2. The predicted octanol–water partition coefficient (Wildman–Crippen LogP) is 2.86. The van der Waals surface area contributed by atoms with E-state index in [4.69, 9.17) is 0 Å². The lowest BCUT2D eigenvalue weighted by Gasteiger charge is -2.29. The highest BCUT2D eigenvalue weighted by Gasteiger charge is 2.30. The smallest absolute Gasteiger partial charge is 0.184 e. The topological polar surface area (TPSA) is 49.4 Å². The van der Waals surface area contributed by atoms with Crippen molar-refractivity contribution in [2.75, 3.05) is 18.0 Å². The summed E-state index contributed by atoms with van der Waals surface area (Å²) in [6.07, 6.45) is 2.31. The Morgan fingerprint density at radius 2 is 1.78 bits per heavy atom. The van der Waals surface area contributed by atoms with E-state index in [2.05, 4.69) is 10.2 Å². The molecule has 1 atom stereocenters. The normalized spacial score (nSPS) is 22.3. The first-order valence-electron chi connectivity index (χ1n) is 8.06. The number of fused-ring (bicyclic) bond motifs is 2. The molecule has 5 heteroatoms. The quantitative estimate of drug-likeness (QED) is 0.921. The Morgan fingerprint density at radius 3 is 2.57 bits per heavy atom. The third-order valence-electron chi connectivity index (χ3n) is 4.68. The van der Waals surface area contributed by atoms with Gasteiger partial charge in [0.15, 0.2) is 9.84 Å². The van der Waals surface area contributed by atoms with Gasteiger partial charge in [-0.1, -0.05) is 30.3 Å². The summed E-state index contributed by atoms with van der Waals surface area (Å²) in [5, 5.41) is 3.52. The summed E-state index contributed by atoms with van der Waals surface area (Å²) in [6, 6.07) is 15.6. The Balaban J connectivity index is 1.89. The number of nitrogens with zero attached hydrogens (tertiary/aromatic N) is 1. The summed E-state index contributed by atoms with van der Waals surface area (Å²) in [5.74, 6) is 0.0643. The van der Waals surface area contributed by atoms with E-state index in [1.54, 1.807) is 12.1 Å². The molecule has 2 aliphatic rings. The van der Waals surface area contributed by atoms with Crippen LogP contribution in [0.4, 0.5) is 11.4 Å². The van der Waals surface area contributed by atoms with Crippen molar-refractivity contribution in [3.05, 3.63) is 54.1 Å². The minimum atomic E-state index is -3.32. The van der Waals surface area contributed by atoms with Crippen LogP contribution in [-0.2, 0) is 15.6 Å². The van der Waals surface area contributed by atoms with Gasteiger partial charge >= 0.3 is 0 Å². The first kappa shape index (κ1) is 14.7. The van der Waals surface area contributed by atoms with Crippen molar-refractivity contribution in [2.24, 2.45) is 0 Å². The summed E-state index contributed by atoms with van der Waals surface area (Å²) in [5.41, 5.74) is 2.68. The molecule has 4 nitrogen and oxygen atoms in total.